The van der Waals surface area contributed by atoms with Gasteiger partial charge in [-0.15, -0.1) is 0 Å². The van der Waals surface area contributed by atoms with E-state index in [2.05, 4.69) is 59.2 Å². The van der Waals surface area contributed by atoms with Crippen LogP contribution in [0.4, 0.5) is 0 Å². The minimum atomic E-state index is 0.488. The second-order valence-electron chi connectivity index (χ2n) is 6.88. The van der Waals surface area contributed by atoms with Crippen molar-refractivity contribution in [1.29, 1.82) is 0 Å². The molecule has 0 N–H and O–H groups in total. The lowest BCUT2D eigenvalue weighted by molar-refractivity contribution is 0.111. The summed E-state index contributed by atoms with van der Waals surface area (Å²) in [6.45, 7) is 0.919. The minimum absolute atomic E-state index is 0.488. The first-order valence-electron chi connectivity index (χ1n) is 8.69. The number of benzene rings is 2. The van der Waals surface area contributed by atoms with Gasteiger partial charge in [0.25, 0.3) is 0 Å². The smallest absolute Gasteiger partial charge is 0.167 e. The molecule has 1 unspecified atom stereocenters. The Balaban J connectivity index is 1.64. The summed E-state index contributed by atoms with van der Waals surface area (Å²) in [5, 5.41) is 0. The molecule has 0 saturated carbocycles. The first-order valence-corrected chi connectivity index (χ1v) is 8.69. The van der Waals surface area contributed by atoms with Crippen LogP contribution in [0, 0.1) is 0 Å². The lowest BCUT2D eigenvalue weighted by Crippen LogP contribution is -2.07. The molecule has 1 aromatic heterocycles. The van der Waals surface area contributed by atoms with Crippen molar-refractivity contribution >= 4 is 6.29 Å². The van der Waals surface area contributed by atoms with Crippen molar-refractivity contribution in [2.24, 2.45) is 0 Å². The SMILES string of the molecule is O=Cc1c2c(c3n1CC(c1ccccc1)C3)CCc1ccccc1-2. The van der Waals surface area contributed by atoms with E-state index in [1.165, 1.54) is 33.5 Å². The van der Waals surface area contributed by atoms with Crippen LogP contribution >= 0.6 is 0 Å². The Hall–Kier alpha value is -2.61. The number of carbonyl (C=O) groups is 1. The molecule has 118 valence electrons. The van der Waals surface area contributed by atoms with Crippen LogP contribution in [0.25, 0.3) is 11.1 Å². The number of rotatable bonds is 2. The van der Waals surface area contributed by atoms with E-state index in [0.717, 1.165) is 37.8 Å². The lowest BCUT2D eigenvalue weighted by Gasteiger charge is -2.19. The Labute approximate surface area is 141 Å². The molecule has 24 heavy (non-hydrogen) atoms. The monoisotopic (exact) mass is 313 g/mol. The summed E-state index contributed by atoms with van der Waals surface area (Å²) < 4.78 is 2.29. The molecular formula is C22H19NO. The maximum absolute atomic E-state index is 11.9. The highest BCUT2D eigenvalue weighted by Gasteiger charge is 2.33. The average molecular weight is 313 g/mol. The highest BCUT2D eigenvalue weighted by molar-refractivity contribution is 5.91. The van der Waals surface area contributed by atoms with Crippen molar-refractivity contribution in [3.05, 3.63) is 82.7 Å². The third kappa shape index (κ3) is 1.86. The van der Waals surface area contributed by atoms with E-state index in [1.54, 1.807) is 0 Å². The van der Waals surface area contributed by atoms with Gasteiger partial charge in [0.05, 0.1) is 5.69 Å². The summed E-state index contributed by atoms with van der Waals surface area (Å²) in [4.78, 5) is 11.9. The Kier molecular flexibility index (Phi) is 2.99. The molecule has 0 bridgehead atoms. The number of fused-ring (bicyclic) bond motifs is 5. The van der Waals surface area contributed by atoms with E-state index in [0.29, 0.717) is 5.92 Å². The standard InChI is InChI=1S/C22H19NO/c24-14-21-22-18-9-5-4-8-16(18)10-11-19(22)20-12-17(13-23(20)21)15-6-2-1-3-7-15/h1-9,14,17H,10-13H2. The number of aromatic nitrogens is 1. The number of aldehydes is 1. The second kappa shape index (κ2) is 5.20. The minimum Gasteiger partial charge on any atom is -0.341 e. The van der Waals surface area contributed by atoms with Gasteiger partial charge in [0.1, 0.15) is 0 Å². The van der Waals surface area contributed by atoms with Gasteiger partial charge in [-0.2, -0.15) is 0 Å². The fourth-order valence-electron chi connectivity index (χ4n) is 4.59. The fraction of sp³-hybridized carbons (Fsp3) is 0.227. The van der Waals surface area contributed by atoms with E-state index in [-0.39, 0.29) is 0 Å². The normalized spacial score (nSPS) is 17.9. The first kappa shape index (κ1) is 13.8. The molecule has 0 amide bonds. The molecule has 3 aromatic rings. The number of carbonyl (C=O) groups excluding carboxylic acids is 1. The summed E-state index contributed by atoms with van der Waals surface area (Å²) in [5.41, 5.74) is 8.89. The van der Waals surface area contributed by atoms with E-state index >= 15 is 0 Å². The van der Waals surface area contributed by atoms with Crippen LogP contribution in [0.15, 0.2) is 54.6 Å². The Morgan fingerprint density at radius 1 is 0.958 bits per heavy atom. The Morgan fingerprint density at radius 3 is 2.58 bits per heavy atom. The van der Waals surface area contributed by atoms with Gasteiger partial charge in [-0.05, 0) is 41.5 Å². The predicted molar refractivity (Wildman–Crippen MR) is 95.6 cm³/mol. The van der Waals surface area contributed by atoms with Gasteiger partial charge in [0, 0.05) is 23.7 Å². The van der Waals surface area contributed by atoms with Crippen LogP contribution in [0.5, 0.6) is 0 Å². The van der Waals surface area contributed by atoms with Crippen molar-refractivity contribution in [3.8, 4) is 11.1 Å². The summed E-state index contributed by atoms with van der Waals surface area (Å²) in [6.07, 6.45) is 4.24. The lowest BCUT2D eigenvalue weighted by atomic mass is 9.84. The number of nitrogens with zero attached hydrogens (tertiary/aromatic N) is 1. The zero-order chi connectivity index (χ0) is 16.1. The van der Waals surface area contributed by atoms with Gasteiger partial charge < -0.3 is 4.57 Å². The van der Waals surface area contributed by atoms with Crippen LogP contribution in [0.3, 0.4) is 0 Å². The van der Waals surface area contributed by atoms with Crippen molar-refractivity contribution in [1.82, 2.24) is 4.57 Å². The quantitative estimate of drug-likeness (QED) is 0.643. The average Bonchev–Trinajstić information content (AvgIpc) is 3.19. The van der Waals surface area contributed by atoms with Crippen LogP contribution in [0.2, 0.25) is 0 Å². The molecule has 2 heterocycles. The molecule has 2 aromatic carbocycles. The maximum atomic E-state index is 11.9. The molecule has 1 aliphatic carbocycles. The first-order chi connectivity index (χ1) is 11.9. The molecule has 1 aliphatic heterocycles. The van der Waals surface area contributed by atoms with Gasteiger partial charge in [-0.3, -0.25) is 4.79 Å². The fourth-order valence-corrected chi connectivity index (χ4v) is 4.59. The molecular weight excluding hydrogens is 294 g/mol. The van der Waals surface area contributed by atoms with Gasteiger partial charge in [0.15, 0.2) is 6.29 Å². The van der Waals surface area contributed by atoms with Crippen molar-refractivity contribution in [2.75, 3.05) is 0 Å². The highest BCUT2D eigenvalue weighted by Crippen LogP contribution is 2.44. The van der Waals surface area contributed by atoms with E-state index < -0.39 is 0 Å². The molecule has 5 rings (SSSR count). The summed E-state index contributed by atoms with van der Waals surface area (Å²) in [7, 11) is 0. The Bertz CT molecular complexity index is 936. The number of hydrogen-bond donors (Lipinski definition) is 0. The van der Waals surface area contributed by atoms with Gasteiger partial charge in [0.2, 0.25) is 0 Å². The summed E-state index contributed by atoms with van der Waals surface area (Å²) >= 11 is 0. The summed E-state index contributed by atoms with van der Waals surface area (Å²) in [5.74, 6) is 0.488. The molecule has 2 heteroatoms. The van der Waals surface area contributed by atoms with Gasteiger partial charge in [-0.25, -0.2) is 0 Å². The van der Waals surface area contributed by atoms with Gasteiger partial charge in [-0.1, -0.05) is 54.6 Å². The molecule has 2 nitrogen and oxygen atoms in total. The number of aryl methyl sites for hydroxylation is 1. The second-order valence-corrected chi connectivity index (χ2v) is 6.88. The third-order valence-electron chi connectivity index (χ3n) is 5.68. The molecule has 1 atom stereocenters. The van der Waals surface area contributed by atoms with E-state index in [1.807, 2.05) is 0 Å². The molecule has 0 spiro atoms. The van der Waals surface area contributed by atoms with E-state index in [4.69, 9.17) is 0 Å². The summed E-state index contributed by atoms with van der Waals surface area (Å²) in [6, 6.07) is 19.2. The highest BCUT2D eigenvalue weighted by atomic mass is 16.1. The van der Waals surface area contributed by atoms with E-state index in [9.17, 15) is 4.79 Å². The molecule has 0 saturated heterocycles. The molecule has 0 radical (unpaired) electrons. The van der Waals surface area contributed by atoms with Crippen LogP contribution < -0.4 is 0 Å². The van der Waals surface area contributed by atoms with Crippen LogP contribution in [0.1, 0.15) is 38.8 Å². The van der Waals surface area contributed by atoms with Crippen LogP contribution in [-0.4, -0.2) is 10.9 Å². The predicted octanol–water partition coefficient (Wildman–Crippen LogP) is 4.41. The topological polar surface area (TPSA) is 22.0 Å². The Morgan fingerprint density at radius 2 is 1.75 bits per heavy atom. The van der Waals surface area contributed by atoms with Crippen molar-refractivity contribution < 1.29 is 4.79 Å². The van der Waals surface area contributed by atoms with Crippen LogP contribution in [-0.2, 0) is 25.8 Å². The number of hydrogen-bond acceptors (Lipinski definition) is 1. The molecule has 2 aliphatic rings. The third-order valence-corrected chi connectivity index (χ3v) is 5.68. The maximum Gasteiger partial charge on any atom is 0.167 e. The zero-order valence-electron chi connectivity index (χ0n) is 13.5. The largest absolute Gasteiger partial charge is 0.341 e. The zero-order valence-corrected chi connectivity index (χ0v) is 13.5. The van der Waals surface area contributed by atoms with Crippen molar-refractivity contribution in [2.45, 2.75) is 31.7 Å². The van der Waals surface area contributed by atoms with Gasteiger partial charge >= 0.3 is 0 Å². The van der Waals surface area contributed by atoms with Crippen molar-refractivity contribution in [3.63, 3.8) is 0 Å². The molecule has 0 fully saturated rings.